The van der Waals surface area contributed by atoms with Gasteiger partial charge in [-0.1, -0.05) is 30.3 Å². The summed E-state index contributed by atoms with van der Waals surface area (Å²) in [5.74, 6) is 2.48. The lowest BCUT2D eigenvalue weighted by Crippen LogP contribution is -1.96. The summed E-state index contributed by atoms with van der Waals surface area (Å²) >= 11 is 0. The Bertz CT molecular complexity index is 1130. The molecule has 0 spiro atoms. The Kier molecular flexibility index (Phi) is 4.99. The van der Waals surface area contributed by atoms with Gasteiger partial charge in [0, 0.05) is 11.6 Å². The number of imidazole rings is 1. The predicted molar refractivity (Wildman–Crippen MR) is 112 cm³/mol. The molecule has 6 heteroatoms. The standard InChI is InChI=1S/C23H22N2O4/c1-27-19-11-16(12-20(28-2)22(19)29-3)23-24-18-13-17(26)10-15(21(18)25-23)9-14-7-5-4-6-8-14/h4-8,10-13,26H,9H2,1-3H3,(H,24,25). The van der Waals surface area contributed by atoms with E-state index in [2.05, 4.69) is 17.1 Å². The van der Waals surface area contributed by atoms with Gasteiger partial charge < -0.3 is 24.3 Å². The summed E-state index contributed by atoms with van der Waals surface area (Å²) in [6.45, 7) is 0. The molecule has 1 aromatic heterocycles. The molecule has 0 aliphatic carbocycles. The summed E-state index contributed by atoms with van der Waals surface area (Å²) in [5, 5.41) is 10.2. The van der Waals surface area contributed by atoms with Crippen LogP contribution in [0.15, 0.2) is 54.6 Å². The van der Waals surface area contributed by atoms with Crippen LogP contribution in [0.3, 0.4) is 0 Å². The van der Waals surface area contributed by atoms with Gasteiger partial charge in [-0.05, 0) is 35.7 Å². The third kappa shape index (κ3) is 3.57. The Labute approximate surface area is 168 Å². The lowest BCUT2D eigenvalue weighted by atomic mass is 10.0. The molecule has 6 nitrogen and oxygen atoms in total. The molecule has 0 aliphatic rings. The van der Waals surface area contributed by atoms with Crippen LogP contribution in [-0.2, 0) is 6.42 Å². The lowest BCUT2D eigenvalue weighted by molar-refractivity contribution is 0.324. The molecular weight excluding hydrogens is 368 g/mol. The number of rotatable bonds is 6. The summed E-state index contributed by atoms with van der Waals surface area (Å²) in [4.78, 5) is 8.10. The first kappa shape index (κ1) is 18.7. The Balaban J connectivity index is 1.83. The fraction of sp³-hybridized carbons (Fsp3) is 0.174. The summed E-state index contributed by atoms with van der Waals surface area (Å²) in [7, 11) is 4.73. The van der Waals surface area contributed by atoms with Crippen LogP contribution < -0.4 is 14.2 Å². The van der Waals surface area contributed by atoms with Crippen LogP contribution in [0.1, 0.15) is 11.1 Å². The van der Waals surface area contributed by atoms with Crippen molar-refractivity contribution in [2.24, 2.45) is 0 Å². The number of nitrogens with one attached hydrogen (secondary N) is 1. The number of fused-ring (bicyclic) bond motifs is 1. The van der Waals surface area contributed by atoms with Crippen molar-refractivity contribution < 1.29 is 19.3 Å². The van der Waals surface area contributed by atoms with Crippen molar-refractivity contribution in [1.29, 1.82) is 0 Å². The van der Waals surface area contributed by atoms with Gasteiger partial charge in [0.1, 0.15) is 11.6 Å². The van der Waals surface area contributed by atoms with Gasteiger partial charge in [-0.25, -0.2) is 4.98 Å². The highest BCUT2D eigenvalue weighted by molar-refractivity contribution is 5.85. The zero-order chi connectivity index (χ0) is 20.4. The molecule has 2 N–H and O–H groups in total. The number of phenols is 1. The van der Waals surface area contributed by atoms with E-state index in [4.69, 9.17) is 19.2 Å². The highest BCUT2D eigenvalue weighted by Gasteiger charge is 2.17. The van der Waals surface area contributed by atoms with E-state index in [0.717, 1.165) is 27.7 Å². The van der Waals surface area contributed by atoms with Gasteiger partial charge in [0.25, 0.3) is 0 Å². The number of nitrogens with zero attached hydrogens (tertiary/aromatic N) is 1. The van der Waals surface area contributed by atoms with Gasteiger partial charge in [0.05, 0.1) is 32.4 Å². The van der Waals surface area contributed by atoms with E-state index >= 15 is 0 Å². The third-order valence-corrected chi connectivity index (χ3v) is 4.83. The summed E-state index contributed by atoms with van der Waals surface area (Å²) in [6, 6.07) is 17.2. The first-order valence-corrected chi connectivity index (χ1v) is 9.19. The first-order chi connectivity index (χ1) is 14.1. The van der Waals surface area contributed by atoms with Gasteiger partial charge in [0.15, 0.2) is 11.5 Å². The van der Waals surface area contributed by atoms with Crippen molar-refractivity contribution in [2.45, 2.75) is 6.42 Å². The van der Waals surface area contributed by atoms with Crippen LogP contribution >= 0.6 is 0 Å². The molecule has 3 aromatic carbocycles. The monoisotopic (exact) mass is 390 g/mol. The van der Waals surface area contributed by atoms with Gasteiger partial charge in [0.2, 0.25) is 5.75 Å². The molecule has 0 amide bonds. The lowest BCUT2D eigenvalue weighted by Gasteiger charge is -2.13. The molecule has 29 heavy (non-hydrogen) atoms. The van der Waals surface area contributed by atoms with Crippen molar-refractivity contribution in [3.05, 3.63) is 65.7 Å². The number of aromatic amines is 1. The second-order valence-corrected chi connectivity index (χ2v) is 6.66. The Hall–Kier alpha value is -3.67. The summed E-state index contributed by atoms with van der Waals surface area (Å²) in [6.07, 6.45) is 0.672. The minimum absolute atomic E-state index is 0.198. The third-order valence-electron chi connectivity index (χ3n) is 4.83. The number of aromatic hydroxyl groups is 1. The number of phenolic OH excluding ortho intramolecular Hbond substituents is 1. The minimum atomic E-state index is 0.198. The summed E-state index contributed by atoms with van der Waals surface area (Å²) < 4.78 is 16.3. The number of aromatic nitrogens is 2. The number of ether oxygens (including phenoxy) is 3. The van der Waals surface area contributed by atoms with Crippen LogP contribution in [0.2, 0.25) is 0 Å². The van der Waals surface area contributed by atoms with Crippen LogP contribution in [0.4, 0.5) is 0 Å². The van der Waals surface area contributed by atoms with Crippen molar-refractivity contribution in [3.63, 3.8) is 0 Å². The van der Waals surface area contributed by atoms with E-state index in [1.54, 1.807) is 33.5 Å². The highest BCUT2D eigenvalue weighted by Crippen LogP contribution is 2.41. The SMILES string of the molecule is COc1cc(-c2nc3c(Cc4ccccc4)cc(O)cc3[nH]2)cc(OC)c1OC. The largest absolute Gasteiger partial charge is 0.508 e. The second-order valence-electron chi connectivity index (χ2n) is 6.66. The van der Waals surface area contributed by atoms with Crippen LogP contribution in [0.25, 0.3) is 22.4 Å². The molecule has 0 atom stereocenters. The average Bonchev–Trinajstić information content (AvgIpc) is 3.17. The maximum atomic E-state index is 10.2. The van der Waals surface area contributed by atoms with Gasteiger partial charge in [-0.2, -0.15) is 0 Å². The van der Waals surface area contributed by atoms with Crippen molar-refractivity contribution >= 4 is 11.0 Å². The number of benzene rings is 3. The maximum Gasteiger partial charge on any atom is 0.203 e. The smallest absolute Gasteiger partial charge is 0.203 e. The Morgan fingerprint density at radius 2 is 1.59 bits per heavy atom. The van der Waals surface area contributed by atoms with Crippen molar-refractivity contribution in [3.8, 4) is 34.4 Å². The van der Waals surface area contributed by atoms with E-state index in [-0.39, 0.29) is 5.75 Å². The first-order valence-electron chi connectivity index (χ1n) is 9.19. The van der Waals surface area contributed by atoms with E-state index in [1.165, 1.54) is 0 Å². The summed E-state index contributed by atoms with van der Waals surface area (Å²) in [5.41, 5.74) is 4.47. The van der Waals surface area contributed by atoms with Crippen LogP contribution in [-0.4, -0.2) is 36.4 Å². The minimum Gasteiger partial charge on any atom is -0.508 e. The molecule has 0 aliphatic heterocycles. The fourth-order valence-electron chi connectivity index (χ4n) is 3.48. The molecule has 4 aromatic rings. The van der Waals surface area contributed by atoms with Gasteiger partial charge in [-0.15, -0.1) is 0 Å². The normalized spacial score (nSPS) is 10.9. The van der Waals surface area contributed by atoms with E-state index in [1.807, 2.05) is 30.3 Å². The van der Waals surface area contributed by atoms with Crippen LogP contribution in [0, 0.1) is 0 Å². The number of hydrogen-bond acceptors (Lipinski definition) is 5. The number of methoxy groups -OCH3 is 3. The maximum absolute atomic E-state index is 10.2. The van der Waals surface area contributed by atoms with Gasteiger partial charge in [-0.3, -0.25) is 0 Å². The molecule has 0 bridgehead atoms. The molecule has 1 heterocycles. The van der Waals surface area contributed by atoms with Crippen LogP contribution in [0.5, 0.6) is 23.0 Å². The molecule has 0 radical (unpaired) electrons. The Morgan fingerprint density at radius 1 is 0.897 bits per heavy atom. The predicted octanol–water partition coefficient (Wildman–Crippen LogP) is 4.55. The molecular formula is C23H22N2O4. The number of H-pyrrole nitrogens is 1. The highest BCUT2D eigenvalue weighted by atomic mass is 16.5. The zero-order valence-corrected chi connectivity index (χ0v) is 16.5. The molecule has 0 saturated heterocycles. The molecule has 0 unspecified atom stereocenters. The molecule has 0 saturated carbocycles. The fourth-order valence-corrected chi connectivity index (χ4v) is 3.48. The quantitative estimate of drug-likeness (QED) is 0.505. The van der Waals surface area contributed by atoms with Crippen molar-refractivity contribution in [2.75, 3.05) is 21.3 Å². The average molecular weight is 390 g/mol. The molecule has 0 fully saturated rings. The van der Waals surface area contributed by atoms with E-state index in [9.17, 15) is 5.11 Å². The van der Waals surface area contributed by atoms with Crippen molar-refractivity contribution in [1.82, 2.24) is 9.97 Å². The molecule has 148 valence electrons. The van der Waals surface area contributed by atoms with E-state index < -0.39 is 0 Å². The van der Waals surface area contributed by atoms with E-state index in [0.29, 0.717) is 29.5 Å². The zero-order valence-electron chi connectivity index (χ0n) is 16.5. The Morgan fingerprint density at radius 3 is 2.21 bits per heavy atom. The number of hydrogen-bond donors (Lipinski definition) is 2. The topological polar surface area (TPSA) is 76.6 Å². The molecule has 4 rings (SSSR count). The second kappa shape index (κ2) is 7.75. The van der Waals surface area contributed by atoms with Gasteiger partial charge >= 0.3 is 0 Å².